The van der Waals surface area contributed by atoms with E-state index in [2.05, 4.69) is 34.1 Å². The van der Waals surface area contributed by atoms with Crippen molar-refractivity contribution < 1.29 is 4.74 Å². The number of halogens is 1. The minimum absolute atomic E-state index is 0.438. The van der Waals surface area contributed by atoms with Crippen molar-refractivity contribution in [1.82, 2.24) is 15.0 Å². The zero-order valence-electron chi connectivity index (χ0n) is 13.4. The molecule has 5 nitrogen and oxygen atoms in total. The van der Waals surface area contributed by atoms with E-state index in [-0.39, 0.29) is 0 Å². The molecule has 0 aromatic carbocycles. The van der Waals surface area contributed by atoms with Crippen LogP contribution in [0.2, 0.25) is 5.02 Å². The van der Waals surface area contributed by atoms with Gasteiger partial charge in [-0.2, -0.15) is 0 Å². The molecule has 0 amide bonds. The number of aromatic nitrogens is 3. The lowest BCUT2D eigenvalue weighted by molar-refractivity contribution is 0.261. The molecule has 0 atom stereocenters. The summed E-state index contributed by atoms with van der Waals surface area (Å²) in [6.45, 7) is 5.39. The fourth-order valence-electron chi connectivity index (χ4n) is 2.12. The molecule has 1 N–H and O–H groups in total. The van der Waals surface area contributed by atoms with Crippen molar-refractivity contribution >= 4 is 17.4 Å². The molecule has 3 rings (SSSR count). The van der Waals surface area contributed by atoms with E-state index in [1.165, 1.54) is 12.8 Å². The maximum absolute atomic E-state index is 6.23. The minimum Gasteiger partial charge on any atom is -0.476 e. The Hall–Kier alpha value is -1.88. The van der Waals surface area contributed by atoms with E-state index >= 15 is 0 Å². The lowest BCUT2D eigenvalue weighted by atomic mass is 10.2. The summed E-state index contributed by atoms with van der Waals surface area (Å²) in [6, 6.07) is 3.75. The number of hydrogen-bond donors (Lipinski definition) is 1. The molecule has 1 fully saturated rings. The monoisotopic (exact) mass is 332 g/mol. The van der Waals surface area contributed by atoms with Crippen LogP contribution in [0, 0.1) is 5.92 Å². The van der Waals surface area contributed by atoms with Crippen molar-refractivity contribution in [3.8, 4) is 5.88 Å². The van der Waals surface area contributed by atoms with Crippen LogP contribution in [0.25, 0.3) is 0 Å². The Morgan fingerprint density at radius 1 is 1.35 bits per heavy atom. The van der Waals surface area contributed by atoms with Gasteiger partial charge in [0.25, 0.3) is 0 Å². The van der Waals surface area contributed by atoms with E-state index in [0.717, 1.165) is 17.2 Å². The molecular formula is C17H21ClN4O. The number of anilines is 1. The Labute approximate surface area is 141 Å². The third-order valence-electron chi connectivity index (χ3n) is 3.51. The van der Waals surface area contributed by atoms with Gasteiger partial charge in [0.2, 0.25) is 5.88 Å². The van der Waals surface area contributed by atoms with Crippen LogP contribution in [0.15, 0.2) is 24.5 Å². The van der Waals surface area contributed by atoms with E-state index in [0.29, 0.717) is 35.9 Å². The Morgan fingerprint density at radius 3 is 2.87 bits per heavy atom. The lowest BCUT2D eigenvalue weighted by Crippen LogP contribution is -2.07. The molecule has 1 aliphatic carbocycles. The van der Waals surface area contributed by atoms with Crippen molar-refractivity contribution in [3.63, 3.8) is 0 Å². The summed E-state index contributed by atoms with van der Waals surface area (Å²) in [5.41, 5.74) is 0.985. The van der Waals surface area contributed by atoms with Gasteiger partial charge in [-0.25, -0.2) is 15.0 Å². The molecule has 0 unspecified atom stereocenters. The van der Waals surface area contributed by atoms with E-state index < -0.39 is 0 Å². The number of nitrogens with one attached hydrogen (secondary N) is 1. The van der Waals surface area contributed by atoms with Crippen molar-refractivity contribution in [2.75, 3.05) is 11.9 Å². The van der Waals surface area contributed by atoms with Gasteiger partial charge in [0, 0.05) is 24.9 Å². The molecule has 1 saturated carbocycles. The Morgan fingerprint density at radius 2 is 2.17 bits per heavy atom. The molecule has 122 valence electrons. The number of ether oxygens (including phenoxy) is 1. The standard InChI is InChI=1S/C17H21ClN4O/c1-11(2)10-23-17-14(18)7-12(9-21-17)8-20-15-5-6-19-16(22-15)13-3-4-13/h5-7,9,11,13H,3-4,8,10H2,1-2H3,(H,19,20,22). The SMILES string of the molecule is CC(C)COc1ncc(CNc2ccnc(C3CC3)n2)cc1Cl. The average molecular weight is 333 g/mol. The number of pyridine rings is 1. The van der Waals surface area contributed by atoms with E-state index in [1.54, 1.807) is 12.4 Å². The van der Waals surface area contributed by atoms with E-state index in [4.69, 9.17) is 16.3 Å². The topological polar surface area (TPSA) is 59.9 Å². The highest BCUT2D eigenvalue weighted by Gasteiger charge is 2.26. The van der Waals surface area contributed by atoms with Gasteiger partial charge in [-0.15, -0.1) is 0 Å². The highest BCUT2D eigenvalue weighted by atomic mass is 35.5. The van der Waals surface area contributed by atoms with Crippen LogP contribution in [-0.2, 0) is 6.54 Å². The van der Waals surface area contributed by atoms with Gasteiger partial charge in [0.1, 0.15) is 16.7 Å². The maximum atomic E-state index is 6.23. The first-order valence-corrected chi connectivity index (χ1v) is 8.33. The average Bonchev–Trinajstić information content (AvgIpc) is 3.37. The molecule has 6 heteroatoms. The summed E-state index contributed by atoms with van der Waals surface area (Å²) in [7, 11) is 0. The highest BCUT2D eigenvalue weighted by molar-refractivity contribution is 6.31. The van der Waals surface area contributed by atoms with Crippen LogP contribution in [0.4, 0.5) is 5.82 Å². The molecule has 0 spiro atoms. The summed E-state index contributed by atoms with van der Waals surface area (Å²) in [5.74, 6) is 3.24. The van der Waals surface area contributed by atoms with Gasteiger partial charge in [-0.05, 0) is 36.5 Å². The third-order valence-corrected chi connectivity index (χ3v) is 3.78. The summed E-state index contributed by atoms with van der Waals surface area (Å²) < 4.78 is 5.58. The van der Waals surface area contributed by atoms with Crippen LogP contribution in [0.3, 0.4) is 0 Å². The molecule has 2 aromatic rings. The molecular weight excluding hydrogens is 312 g/mol. The van der Waals surface area contributed by atoms with Crippen LogP contribution in [0.5, 0.6) is 5.88 Å². The quantitative estimate of drug-likeness (QED) is 0.828. The zero-order valence-corrected chi connectivity index (χ0v) is 14.2. The van der Waals surface area contributed by atoms with Gasteiger partial charge in [0.15, 0.2) is 0 Å². The van der Waals surface area contributed by atoms with Crippen LogP contribution in [-0.4, -0.2) is 21.6 Å². The molecule has 0 radical (unpaired) electrons. The molecule has 2 heterocycles. The van der Waals surface area contributed by atoms with Gasteiger partial charge in [-0.3, -0.25) is 0 Å². The van der Waals surface area contributed by atoms with Gasteiger partial charge < -0.3 is 10.1 Å². The lowest BCUT2D eigenvalue weighted by Gasteiger charge is -2.11. The molecule has 0 aliphatic heterocycles. The smallest absolute Gasteiger partial charge is 0.232 e. The molecule has 23 heavy (non-hydrogen) atoms. The first-order chi connectivity index (χ1) is 11.1. The molecule has 0 bridgehead atoms. The summed E-state index contributed by atoms with van der Waals surface area (Å²) in [4.78, 5) is 13.1. The van der Waals surface area contributed by atoms with Crippen LogP contribution < -0.4 is 10.1 Å². The first kappa shape index (κ1) is 16.0. The molecule has 0 saturated heterocycles. The van der Waals surface area contributed by atoms with Crippen molar-refractivity contribution in [2.45, 2.75) is 39.2 Å². The Balaban J connectivity index is 1.59. The molecule has 1 aliphatic rings. The second-order valence-corrected chi connectivity index (χ2v) is 6.67. The summed E-state index contributed by atoms with van der Waals surface area (Å²) >= 11 is 6.23. The van der Waals surface area contributed by atoms with Gasteiger partial charge >= 0.3 is 0 Å². The largest absolute Gasteiger partial charge is 0.476 e. The third kappa shape index (κ3) is 4.55. The van der Waals surface area contributed by atoms with Crippen molar-refractivity contribution in [2.24, 2.45) is 5.92 Å². The van der Waals surface area contributed by atoms with Crippen molar-refractivity contribution in [1.29, 1.82) is 0 Å². The number of nitrogens with zero attached hydrogens (tertiary/aromatic N) is 3. The number of rotatable bonds is 7. The summed E-state index contributed by atoms with van der Waals surface area (Å²) in [5, 5.41) is 3.82. The van der Waals surface area contributed by atoms with Gasteiger partial charge in [0.05, 0.1) is 6.61 Å². The fraction of sp³-hybridized carbons (Fsp3) is 0.471. The van der Waals surface area contributed by atoms with Gasteiger partial charge in [-0.1, -0.05) is 25.4 Å². The Kier molecular flexibility index (Phi) is 4.96. The maximum Gasteiger partial charge on any atom is 0.232 e. The predicted octanol–water partition coefficient (Wildman–Crippen LogP) is 4.05. The fourth-order valence-corrected chi connectivity index (χ4v) is 2.36. The van der Waals surface area contributed by atoms with Crippen LogP contribution in [0.1, 0.15) is 44.0 Å². The zero-order chi connectivity index (χ0) is 16.2. The predicted molar refractivity (Wildman–Crippen MR) is 90.9 cm³/mol. The Bertz CT molecular complexity index is 673. The van der Waals surface area contributed by atoms with E-state index in [1.807, 2.05) is 12.1 Å². The second-order valence-electron chi connectivity index (χ2n) is 6.26. The highest BCUT2D eigenvalue weighted by Crippen LogP contribution is 2.38. The first-order valence-electron chi connectivity index (χ1n) is 7.96. The van der Waals surface area contributed by atoms with E-state index in [9.17, 15) is 0 Å². The summed E-state index contributed by atoms with van der Waals surface area (Å²) in [6.07, 6.45) is 5.97. The number of hydrogen-bond acceptors (Lipinski definition) is 5. The van der Waals surface area contributed by atoms with Crippen LogP contribution >= 0.6 is 11.6 Å². The second kappa shape index (κ2) is 7.13. The van der Waals surface area contributed by atoms with Crippen molar-refractivity contribution in [3.05, 3.63) is 40.9 Å². The molecule has 2 aromatic heterocycles. The minimum atomic E-state index is 0.438. The normalized spacial score (nSPS) is 14.1.